The molecule has 1 aromatic rings. The summed E-state index contributed by atoms with van der Waals surface area (Å²) in [6.45, 7) is 2.25. The molecule has 1 fully saturated rings. The fraction of sp³-hybridized carbons (Fsp3) is 0.750. The van der Waals surface area contributed by atoms with E-state index in [1.165, 1.54) is 19.3 Å². The van der Waals surface area contributed by atoms with Gasteiger partial charge < -0.3 is 4.52 Å². The summed E-state index contributed by atoms with van der Waals surface area (Å²) in [6.07, 6.45) is 3.79. The van der Waals surface area contributed by atoms with E-state index < -0.39 is 0 Å². The first-order valence-electron chi connectivity index (χ1n) is 4.33. The summed E-state index contributed by atoms with van der Waals surface area (Å²) in [5, 5.41) is 2.79. The van der Waals surface area contributed by atoms with Crippen LogP contribution < -0.4 is 0 Å². The Morgan fingerprint density at radius 2 is 2.42 bits per heavy atom. The van der Waals surface area contributed by atoms with Crippen LogP contribution in [0.2, 0.25) is 0 Å². The van der Waals surface area contributed by atoms with E-state index in [1.54, 1.807) is 0 Å². The second kappa shape index (κ2) is 3.01. The first kappa shape index (κ1) is 7.98. The van der Waals surface area contributed by atoms with E-state index in [0.29, 0.717) is 16.7 Å². The summed E-state index contributed by atoms with van der Waals surface area (Å²) in [5.41, 5.74) is 0. The summed E-state index contributed by atoms with van der Waals surface area (Å²) in [6, 6.07) is 0. The molecule has 66 valence electrons. The van der Waals surface area contributed by atoms with Crippen molar-refractivity contribution in [2.45, 2.75) is 32.1 Å². The van der Waals surface area contributed by atoms with Gasteiger partial charge in [-0.05, 0) is 31.0 Å². The van der Waals surface area contributed by atoms with Crippen molar-refractivity contribution in [3.63, 3.8) is 0 Å². The molecule has 0 unspecified atom stereocenters. The Balaban J connectivity index is 2.24. The number of hydrogen-bond acceptors (Lipinski definition) is 3. The van der Waals surface area contributed by atoms with Gasteiger partial charge in [-0.3, -0.25) is 0 Å². The van der Waals surface area contributed by atoms with Crippen LogP contribution >= 0.6 is 12.2 Å². The van der Waals surface area contributed by atoms with E-state index in [4.69, 9.17) is 16.7 Å². The van der Waals surface area contributed by atoms with E-state index >= 15 is 0 Å². The third-order valence-electron chi connectivity index (χ3n) is 2.67. The lowest BCUT2D eigenvalue weighted by molar-refractivity contribution is 0.385. The predicted molar refractivity (Wildman–Crippen MR) is 47.4 cm³/mol. The summed E-state index contributed by atoms with van der Waals surface area (Å²) in [4.78, 5) is 4.46. The van der Waals surface area contributed by atoms with Crippen molar-refractivity contribution in [2.24, 2.45) is 5.92 Å². The van der Waals surface area contributed by atoms with Crippen molar-refractivity contribution in [1.82, 2.24) is 10.1 Å². The van der Waals surface area contributed by atoms with Crippen molar-refractivity contribution in [2.75, 3.05) is 0 Å². The Kier molecular flexibility index (Phi) is 2.00. The van der Waals surface area contributed by atoms with Gasteiger partial charge in [0.1, 0.15) is 5.82 Å². The second-order valence-corrected chi connectivity index (χ2v) is 3.83. The maximum atomic E-state index is 4.90. The van der Waals surface area contributed by atoms with Crippen LogP contribution in [-0.2, 0) is 0 Å². The Labute approximate surface area is 76.2 Å². The fourth-order valence-corrected chi connectivity index (χ4v) is 2.09. The van der Waals surface area contributed by atoms with Gasteiger partial charge in [0.2, 0.25) is 0 Å². The molecule has 12 heavy (non-hydrogen) atoms. The van der Waals surface area contributed by atoms with E-state index in [9.17, 15) is 0 Å². The molecular weight excluding hydrogens is 172 g/mol. The molecule has 1 saturated carbocycles. The normalized spacial score (nSPS) is 29.4. The van der Waals surface area contributed by atoms with E-state index in [-0.39, 0.29) is 0 Å². The monoisotopic (exact) mass is 184 g/mol. The molecule has 0 aliphatic heterocycles. The zero-order valence-corrected chi connectivity index (χ0v) is 7.86. The third-order valence-corrected chi connectivity index (χ3v) is 2.84. The van der Waals surface area contributed by atoms with Gasteiger partial charge in [0, 0.05) is 5.92 Å². The summed E-state index contributed by atoms with van der Waals surface area (Å²) < 4.78 is 4.90. The largest absolute Gasteiger partial charge is 0.348 e. The van der Waals surface area contributed by atoms with Crippen LogP contribution in [0.1, 0.15) is 37.9 Å². The van der Waals surface area contributed by atoms with Gasteiger partial charge in [-0.25, -0.2) is 5.16 Å². The first-order chi connectivity index (χ1) is 5.77. The van der Waals surface area contributed by atoms with Crippen LogP contribution in [-0.4, -0.2) is 10.1 Å². The van der Waals surface area contributed by atoms with Crippen LogP contribution in [0, 0.1) is 10.8 Å². The van der Waals surface area contributed by atoms with Crippen LogP contribution in [0.25, 0.3) is 0 Å². The molecule has 0 amide bonds. The topological polar surface area (TPSA) is 41.8 Å². The fourth-order valence-electron chi connectivity index (χ4n) is 1.95. The van der Waals surface area contributed by atoms with Gasteiger partial charge in [0.15, 0.2) is 0 Å². The van der Waals surface area contributed by atoms with Gasteiger partial charge in [-0.15, -0.1) is 0 Å². The third kappa shape index (κ3) is 1.31. The summed E-state index contributed by atoms with van der Waals surface area (Å²) in [5.74, 6) is 2.18. The molecule has 1 heterocycles. The van der Waals surface area contributed by atoms with Crippen molar-refractivity contribution >= 4 is 12.2 Å². The highest BCUT2D eigenvalue weighted by atomic mass is 32.1. The molecule has 1 aromatic heterocycles. The zero-order chi connectivity index (χ0) is 8.55. The molecule has 3 nitrogen and oxygen atoms in total. The summed E-state index contributed by atoms with van der Waals surface area (Å²) >= 11 is 4.80. The SMILES string of the molecule is C[C@H]1CCC[C@H]1c1nc(=S)o[nH]1. The number of hydrogen-bond donors (Lipinski definition) is 1. The van der Waals surface area contributed by atoms with Crippen LogP contribution in [0.15, 0.2) is 4.52 Å². The molecule has 2 atom stereocenters. The minimum absolute atomic E-state index is 0.323. The quantitative estimate of drug-likeness (QED) is 0.682. The van der Waals surface area contributed by atoms with Crippen molar-refractivity contribution in [3.05, 3.63) is 10.7 Å². The molecule has 1 aliphatic rings. The number of rotatable bonds is 1. The molecule has 0 saturated heterocycles. The maximum absolute atomic E-state index is 4.90. The minimum Gasteiger partial charge on any atom is -0.348 e. The number of nitrogens with zero attached hydrogens (tertiary/aromatic N) is 1. The molecular formula is C8H12N2OS. The molecule has 1 N–H and O–H groups in total. The Morgan fingerprint density at radius 1 is 1.58 bits per heavy atom. The Morgan fingerprint density at radius 3 is 2.92 bits per heavy atom. The van der Waals surface area contributed by atoms with E-state index in [0.717, 1.165) is 5.82 Å². The van der Waals surface area contributed by atoms with Gasteiger partial charge >= 0.3 is 4.84 Å². The van der Waals surface area contributed by atoms with Gasteiger partial charge in [-0.2, -0.15) is 4.98 Å². The first-order valence-corrected chi connectivity index (χ1v) is 4.73. The van der Waals surface area contributed by atoms with Crippen molar-refractivity contribution in [1.29, 1.82) is 0 Å². The van der Waals surface area contributed by atoms with Gasteiger partial charge in [0.25, 0.3) is 0 Å². The smallest absolute Gasteiger partial charge is 0.314 e. The lowest BCUT2D eigenvalue weighted by Gasteiger charge is -2.09. The molecule has 0 aromatic carbocycles. The summed E-state index contributed by atoms with van der Waals surface area (Å²) in [7, 11) is 0. The lowest BCUT2D eigenvalue weighted by atomic mass is 9.98. The molecule has 2 rings (SSSR count). The van der Waals surface area contributed by atoms with Gasteiger partial charge in [0.05, 0.1) is 0 Å². The molecule has 0 radical (unpaired) electrons. The molecule has 0 spiro atoms. The molecule has 0 bridgehead atoms. The molecule has 1 aliphatic carbocycles. The van der Waals surface area contributed by atoms with Crippen LogP contribution in [0.5, 0.6) is 0 Å². The Bertz CT molecular complexity index is 317. The van der Waals surface area contributed by atoms with E-state index in [2.05, 4.69) is 17.1 Å². The number of H-pyrrole nitrogens is 1. The average Bonchev–Trinajstić information content (AvgIpc) is 2.58. The van der Waals surface area contributed by atoms with Crippen LogP contribution in [0.3, 0.4) is 0 Å². The van der Waals surface area contributed by atoms with Crippen molar-refractivity contribution in [3.8, 4) is 0 Å². The average molecular weight is 184 g/mol. The highest BCUT2D eigenvalue weighted by Crippen LogP contribution is 2.37. The number of aromatic amines is 1. The predicted octanol–water partition coefficient (Wildman–Crippen LogP) is 2.64. The molecule has 4 heteroatoms. The number of nitrogens with one attached hydrogen (secondary N) is 1. The minimum atomic E-state index is 0.323. The second-order valence-electron chi connectivity index (χ2n) is 3.48. The highest BCUT2D eigenvalue weighted by Gasteiger charge is 2.27. The van der Waals surface area contributed by atoms with Gasteiger partial charge in [-0.1, -0.05) is 13.3 Å². The zero-order valence-electron chi connectivity index (χ0n) is 7.04. The van der Waals surface area contributed by atoms with Crippen LogP contribution in [0.4, 0.5) is 0 Å². The lowest BCUT2D eigenvalue weighted by Crippen LogP contribution is -2.03. The van der Waals surface area contributed by atoms with E-state index in [1.807, 2.05) is 0 Å². The maximum Gasteiger partial charge on any atom is 0.314 e. The number of aromatic nitrogens is 2. The van der Waals surface area contributed by atoms with Crippen molar-refractivity contribution < 1.29 is 4.52 Å². The Hall–Kier alpha value is -0.640. The standard InChI is InChI=1S/C8H12N2OS/c1-5-3-2-4-6(5)7-9-8(12)11-10-7/h5-6H,2-4H2,1H3,(H,9,10,12)/t5-,6+/m0/s1. The highest BCUT2D eigenvalue weighted by molar-refractivity contribution is 7.71.